The minimum Gasteiger partial charge on any atom is -0.278 e. The first-order valence-electron chi connectivity index (χ1n) is 10.5. The van der Waals surface area contributed by atoms with E-state index >= 15 is 0 Å². The minimum absolute atomic E-state index is 0.669. The van der Waals surface area contributed by atoms with Crippen LogP contribution >= 0.6 is 11.3 Å². The second-order valence-electron chi connectivity index (χ2n) is 7.76. The Labute approximate surface area is 187 Å². The lowest BCUT2D eigenvalue weighted by Crippen LogP contribution is -2.02. The summed E-state index contributed by atoms with van der Waals surface area (Å²) < 4.78 is 2.18. The van der Waals surface area contributed by atoms with Gasteiger partial charge in [-0.3, -0.25) is 9.55 Å². The Balaban J connectivity index is 1.64. The Hall–Kier alpha value is -4.09. The average Bonchev–Trinajstić information content (AvgIpc) is 3.46. The number of thiophene rings is 1. The number of aromatic nitrogens is 4. The average molecular weight is 429 g/mol. The first-order valence-corrected chi connectivity index (χ1v) is 11.3. The van der Waals surface area contributed by atoms with Crippen molar-refractivity contribution < 1.29 is 0 Å². The molecule has 3 aromatic carbocycles. The molecule has 4 heterocycles. The van der Waals surface area contributed by atoms with E-state index < -0.39 is 0 Å². The third kappa shape index (κ3) is 2.46. The molecule has 5 heteroatoms. The summed E-state index contributed by atoms with van der Waals surface area (Å²) in [4.78, 5) is 15.6. The molecule has 0 aliphatic heterocycles. The summed E-state index contributed by atoms with van der Waals surface area (Å²) in [6, 6.07) is 29.4. The first-order chi connectivity index (χ1) is 15.9. The minimum atomic E-state index is 0.669. The third-order valence-corrected chi connectivity index (χ3v) is 6.79. The maximum absolute atomic E-state index is 5.06. The molecule has 0 spiro atoms. The van der Waals surface area contributed by atoms with Gasteiger partial charge in [0.25, 0.3) is 0 Å². The molecule has 4 nitrogen and oxygen atoms in total. The monoisotopic (exact) mass is 428 g/mol. The van der Waals surface area contributed by atoms with Crippen molar-refractivity contribution in [2.75, 3.05) is 0 Å². The highest BCUT2D eigenvalue weighted by Gasteiger charge is 2.19. The van der Waals surface area contributed by atoms with Gasteiger partial charge in [-0.1, -0.05) is 54.6 Å². The van der Waals surface area contributed by atoms with Crippen molar-refractivity contribution in [1.29, 1.82) is 0 Å². The van der Waals surface area contributed by atoms with E-state index in [4.69, 9.17) is 9.97 Å². The predicted molar refractivity (Wildman–Crippen MR) is 132 cm³/mol. The SMILES string of the molecule is c1ccc(-c2nc(-n3c4ccccc4c4c5ccccc5ccc43)nc3sccc23)nc1. The molecule has 7 rings (SSSR count). The molecule has 0 bridgehead atoms. The van der Waals surface area contributed by atoms with Gasteiger partial charge < -0.3 is 0 Å². The van der Waals surface area contributed by atoms with Gasteiger partial charge in [0.15, 0.2) is 0 Å². The number of para-hydroxylation sites is 1. The Morgan fingerprint density at radius 2 is 1.50 bits per heavy atom. The van der Waals surface area contributed by atoms with Crippen LogP contribution in [-0.2, 0) is 0 Å². The van der Waals surface area contributed by atoms with Crippen molar-refractivity contribution in [2.24, 2.45) is 0 Å². The second kappa shape index (κ2) is 6.70. The van der Waals surface area contributed by atoms with Crippen LogP contribution in [0.4, 0.5) is 0 Å². The first kappa shape index (κ1) is 17.6. The van der Waals surface area contributed by atoms with Crippen LogP contribution in [0, 0.1) is 0 Å². The maximum atomic E-state index is 5.06. The van der Waals surface area contributed by atoms with Crippen molar-refractivity contribution in [1.82, 2.24) is 19.5 Å². The van der Waals surface area contributed by atoms with Gasteiger partial charge >= 0.3 is 0 Å². The van der Waals surface area contributed by atoms with Crippen LogP contribution < -0.4 is 0 Å². The van der Waals surface area contributed by atoms with E-state index in [1.54, 1.807) is 11.3 Å². The van der Waals surface area contributed by atoms with Gasteiger partial charge in [-0.15, -0.1) is 11.3 Å². The molecule has 0 aliphatic carbocycles. The van der Waals surface area contributed by atoms with E-state index in [0.717, 1.165) is 32.6 Å². The zero-order valence-corrected chi connectivity index (χ0v) is 17.8. The van der Waals surface area contributed by atoms with Gasteiger partial charge in [0.2, 0.25) is 5.95 Å². The quantitative estimate of drug-likeness (QED) is 0.298. The highest BCUT2D eigenvalue weighted by molar-refractivity contribution is 7.16. The molecule has 0 aliphatic rings. The van der Waals surface area contributed by atoms with Gasteiger partial charge in [-0.2, -0.15) is 0 Å². The molecular formula is C27H16N4S. The van der Waals surface area contributed by atoms with E-state index in [9.17, 15) is 0 Å². The second-order valence-corrected chi connectivity index (χ2v) is 8.65. The summed E-state index contributed by atoms with van der Waals surface area (Å²) in [6.45, 7) is 0. The van der Waals surface area contributed by atoms with Gasteiger partial charge in [-0.05, 0) is 46.5 Å². The summed E-state index contributed by atoms with van der Waals surface area (Å²) >= 11 is 1.63. The van der Waals surface area contributed by atoms with Gasteiger partial charge in [0, 0.05) is 22.4 Å². The Bertz CT molecular complexity index is 1780. The van der Waals surface area contributed by atoms with Crippen LogP contribution in [0.1, 0.15) is 0 Å². The Morgan fingerprint density at radius 3 is 2.41 bits per heavy atom. The van der Waals surface area contributed by atoms with Gasteiger partial charge in [0.1, 0.15) is 10.5 Å². The molecule has 0 saturated carbocycles. The lowest BCUT2D eigenvalue weighted by molar-refractivity contribution is 1.01. The molecule has 32 heavy (non-hydrogen) atoms. The highest BCUT2D eigenvalue weighted by atomic mass is 32.1. The Kier molecular flexibility index (Phi) is 3.68. The molecule has 0 unspecified atom stereocenters. The molecule has 0 saturated heterocycles. The van der Waals surface area contributed by atoms with Crippen molar-refractivity contribution in [3.05, 3.63) is 96.5 Å². The van der Waals surface area contributed by atoms with Gasteiger partial charge in [0.05, 0.1) is 16.7 Å². The summed E-state index contributed by atoms with van der Waals surface area (Å²) in [5.74, 6) is 0.669. The number of nitrogens with zero attached hydrogens (tertiary/aromatic N) is 4. The lowest BCUT2D eigenvalue weighted by Gasteiger charge is -2.09. The van der Waals surface area contributed by atoms with Crippen molar-refractivity contribution in [3.63, 3.8) is 0 Å². The molecule has 4 aromatic heterocycles. The van der Waals surface area contributed by atoms with Crippen LogP contribution in [0.5, 0.6) is 0 Å². The predicted octanol–water partition coefficient (Wildman–Crippen LogP) is 7.00. The van der Waals surface area contributed by atoms with Crippen molar-refractivity contribution >= 4 is 54.1 Å². The van der Waals surface area contributed by atoms with Gasteiger partial charge in [-0.25, -0.2) is 9.97 Å². The summed E-state index contributed by atoms with van der Waals surface area (Å²) in [5, 5.41) is 7.99. The highest BCUT2D eigenvalue weighted by Crippen LogP contribution is 2.37. The molecule has 0 amide bonds. The summed E-state index contributed by atoms with van der Waals surface area (Å²) in [6.07, 6.45) is 1.81. The number of pyridine rings is 1. The fourth-order valence-electron chi connectivity index (χ4n) is 4.60. The maximum Gasteiger partial charge on any atom is 0.236 e. The van der Waals surface area contributed by atoms with E-state index in [1.165, 1.54) is 21.5 Å². The van der Waals surface area contributed by atoms with Crippen LogP contribution in [0.3, 0.4) is 0 Å². The molecule has 7 aromatic rings. The summed E-state index contributed by atoms with van der Waals surface area (Å²) in [7, 11) is 0. The molecule has 0 N–H and O–H groups in total. The van der Waals surface area contributed by atoms with Crippen LogP contribution in [0.15, 0.2) is 96.5 Å². The van der Waals surface area contributed by atoms with Crippen LogP contribution in [-0.4, -0.2) is 19.5 Å². The number of fused-ring (bicyclic) bond motifs is 6. The fourth-order valence-corrected chi connectivity index (χ4v) is 5.36. The zero-order valence-electron chi connectivity index (χ0n) is 16.9. The number of hydrogen-bond acceptors (Lipinski definition) is 4. The molecule has 150 valence electrons. The van der Waals surface area contributed by atoms with Crippen LogP contribution in [0.2, 0.25) is 0 Å². The zero-order chi connectivity index (χ0) is 21.1. The number of rotatable bonds is 2. The van der Waals surface area contributed by atoms with Crippen molar-refractivity contribution in [2.45, 2.75) is 0 Å². The van der Waals surface area contributed by atoms with E-state index in [1.807, 2.05) is 24.4 Å². The van der Waals surface area contributed by atoms with E-state index in [-0.39, 0.29) is 0 Å². The van der Waals surface area contributed by atoms with E-state index in [2.05, 4.69) is 81.7 Å². The molecular weight excluding hydrogens is 412 g/mol. The number of hydrogen-bond donors (Lipinski definition) is 0. The lowest BCUT2D eigenvalue weighted by atomic mass is 10.0. The van der Waals surface area contributed by atoms with Crippen molar-refractivity contribution in [3.8, 4) is 17.3 Å². The smallest absolute Gasteiger partial charge is 0.236 e. The Morgan fingerprint density at radius 1 is 0.656 bits per heavy atom. The molecule has 0 fully saturated rings. The number of benzene rings is 3. The largest absolute Gasteiger partial charge is 0.278 e. The standard InChI is InChI=1S/C27H16N4S/c1-2-8-18-17(7-1)12-13-23-24(18)19-9-3-4-11-22(19)31(23)27-29-25(21-10-5-6-15-28-21)20-14-16-32-26(20)30-27/h1-16H. The van der Waals surface area contributed by atoms with E-state index in [0.29, 0.717) is 5.95 Å². The van der Waals surface area contributed by atoms with Crippen LogP contribution in [0.25, 0.3) is 60.1 Å². The fraction of sp³-hybridized carbons (Fsp3) is 0. The third-order valence-electron chi connectivity index (χ3n) is 5.98. The molecule has 0 radical (unpaired) electrons. The summed E-state index contributed by atoms with van der Waals surface area (Å²) in [5.41, 5.74) is 3.92. The molecule has 0 atom stereocenters. The topological polar surface area (TPSA) is 43.6 Å². The normalized spacial score (nSPS) is 11.8.